The first kappa shape index (κ1) is 20.0. The van der Waals surface area contributed by atoms with Crippen LogP contribution in [0.5, 0.6) is 11.5 Å². The molecule has 8 nitrogen and oxygen atoms in total. The minimum absolute atomic E-state index is 0.0118. The van der Waals surface area contributed by atoms with Gasteiger partial charge in [-0.2, -0.15) is 0 Å². The summed E-state index contributed by atoms with van der Waals surface area (Å²) in [5, 5.41) is 5.91. The summed E-state index contributed by atoms with van der Waals surface area (Å²) in [6, 6.07) is 13.7. The lowest BCUT2D eigenvalue weighted by molar-refractivity contribution is -0.117. The molecule has 4 aromatic rings. The van der Waals surface area contributed by atoms with Crippen LogP contribution in [0.4, 0.5) is 11.5 Å². The number of hydrogen-bond acceptors (Lipinski definition) is 5. The van der Waals surface area contributed by atoms with Crippen molar-refractivity contribution in [2.45, 2.75) is 12.8 Å². The molecule has 1 aliphatic rings. The van der Waals surface area contributed by atoms with Gasteiger partial charge in [0.25, 0.3) is 5.91 Å². The molecule has 1 fully saturated rings. The molecule has 32 heavy (non-hydrogen) atoms. The third-order valence-electron chi connectivity index (χ3n) is 4.94. The highest BCUT2D eigenvalue weighted by atomic mass is 35.5. The number of anilines is 2. The van der Waals surface area contributed by atoms with Crippen molar-refractivity contribution in [2.75, 3.05) is 10.6 Å². The third-order valence-corrected chi connectivity index (χ3v) is 5.15. The largest absolute Gasteiger partial charge is 0.456 e. The molecular formula is C23H18ClN5O3. The second kappa shape index (κ2) is 8.32. The average Bonchev–Trinajstić information content (AvgIpc) is 3.55. The molecule has 0 radical (unpaired) electrons. The zero-order chi connectivity index (χ0) is 22.1. The van der Waals surface area contributed by atoms with Crippen molar-refractivity contribution in [3.05, 3.63) is 77.8 Å². The molecule has 0 saturated heterocycles. The Balaban J connectivity index is 1.29. The van der Waals surface area contributed by atoms with Gasteiger partial charge in [0.1, 0.15) is 22.3 Å². The molecule has 0 aliphatic heterocycles. The summed E-state index contributed by atoms with van der Waals surface area (Å²) < 4.78 is 7.74. The second-order valence-corrected chi connectivity index (χ2v) is 7.86. The zero-order valence-corrected chi connectivity index (χ0v) is 17.5. The molecule has 2 amide bonds. The average molecular weight is 448 g/mol. The van der Waals surface area contributed by atoms with Crippen molar-refractivity contribution in [1.29, 1.82) is 0 Å². The van der Waals surface area contributed by atoms with E-state index in [1.54, 1.807) is 59.3 Å². The molecule has 9 heteroatoms. The van der Waals surface area contributed by atoms with Crippen LogP contribution in [0.3, 0.4) is 0 Å². The fourth-order valence-corrected chi connectivity index (χ4v) is 3.36. The summed E-state index contributed by atoms with van der Waals surface area (Å²) in [5.74, 6) is 1.48. The highest BCUT2D eigenvalue weighted by molar-refractivity contribution is 6.29. The molecule has 1 aromatic carbocycles. The van der Waals surface area contributed by atoms with Crippen LogP contribution >= 0.6 is 11.6 Å². The first-order chi connectivity index (χ1) is 15.5. The van der Waals surface area contributed by atoms with E-state index in [-0.39, 0.29) is 22.9 Å². The second-order valence-electron chi connectivity index (χ2n) is 7.47. The number of nitrogens with one attached hydrogen (secondary N) is 2. The Morgan fingerprint density at radius 1 is 1.03 bits per heavy atom. The first-order valence-electron chi connectivity index (χ1n) is 10.0. The summed E-state index contributed by atoms with van der Waals surface area (Å²) >= 11 is 5.85. The van der Waals surface area contributed by atoms with Crippen molar-refractivity contribution < 1.29 is 14.3 Å². The van der Waals surface area contributed by atoms with E-state index in [2.05, 4.69) is 20.6 Å². The number of carbonyl (C=O) groups is 2. The number of aromatic nitrogens is 3. The van der Waals surface area contributed by atoms with Crippen LogP contribution in [0.15, 0.2) is 67.1 Å². The lowest BCUT2D eigenvalue weighted by Crippen LogP contribution is -2.13. The van der Waals surface area contributed by atoms with E-state index < -0.39 is 0 Å². The molecule has 160 valence electrons. The van der Waals surface area contributed by atoms with Gasteiger partial charge in [0.2, 0.25) is 5.91 Å². The Morgan fingerprint density at radius 2 is 1.91 bits per heavy atom. The van der Waals surface area contributed by atoms with Crippen LogP contribution in [0.25, 0.3) is 5.65 Å². The quantitative estimate of drug-likeness (QED) is 0.415. The van der Waals surface area contributed by atoms with Gasteiger partial charge in [0.05, 0.1) is 12.4 Å². The minimum Gasteiger partial charge on any atom is -0.456 e. The Hall–Kier alpha value is -3.91. The van der Waals surface area contributed by atoms with Crippen LogP contribution in [-0.2, 0) is 4.79 Å². The van der Waals surface area contributed by atoms with Gasteiger partial charge >= 0.3 is 0 Å². The SMILES string of the molecule is O=C(Nc1cccc(Oc2ccc3nc(NC(=O)C4CC4)cn3c2)c1)c1ccnc(Cl)c1. The van der Waals surface area contributed by atoms with Gasteiger partial charge in [0, 0.05) is 29.4 Å². The molecule has 0 unspecified atom stereocenters. The lowest BCUT2D eigenvalue weighted by atomic mass is 10.2. The minimum atomic E-state index is -0.299. The van der Waals surface area contributed by atoms with Gasteiger partial charge in [-0.1, -0.05) is 17.7 Å². The molecule has 0 bridgehead atoms. The highest BCUT2D eigenvalue weighted by Gasteiger charge is 2.30. The van der Waals surface area contributed by atoms with E-state index in [4.69, 9.17) is 16.3 Å². The Morgan fingerprint density at radius 3 is 2.72 bits per heavy atom. The van der Waals surface area contributed by atoms with E-state index >= 15 is 0 Å². The van der Waals surface area contributed by atoms with Crippen LogP contribution in [0, 0.1) is 5.92 Å². The number of carbonyl (C=O) groups excluding carboxylic acids is 2. The lowest BCUT2D eigenvalue weighted by Gasteiger charge is -2.09. The van der Waals surface area contributed by atoms with E-state index in [9.17, 15) is 9.59 Å². The third kappa shape index (κ3) is 4.55. The molecule has 0 spiro atoms. The molecule has 0 atom stereocenters. The van der Waals surface area contributed by atoms with Gasteiger partial charge < -0.3 is 19.8 Å². The summed E-state index contributed by atoms with van der Waals surface area (Å²) in [7, 11) is 0. The van der Waals surface area contributed by atoms with Gasteiger partial charge in [-0.3, -0.25) is 9.59 Å². The summed E-state index contributed by atoms with van der Waals surface area (Å²) in [5.41, 5.74) is 1.68. The van der Waals surface area contributed by atoms with Crippen LogP contribution in [-0.4, -0.2) is 26.2 Å². The van der Waals surface area contributed by atoms with E-state index in [0.717, 1.165) is 12.8 Å². The topological polar surface area (TPSA) is 97.6 Å². The van der Waals surface area contributed by atoms with Crippen molar-refractivity contribution in [3.8, 4) is 11.5 Å². The molecule has 1 aliphatic carbocycles. The monoisotopic (exact) mass is 447 g/mol. The van der Waals surface area contributed by atoms with Crippen LogP contribution in [0.2, 0.25) is 5.15 Å². The van der Waals surface area contributed by atoms with Crippen molar-refractivity contribution >= 4 is 40.6 Å². The van der Waals surface area contributed by atoms with Gasteiger partial charge in [0.15, 0.2) is 5.82 Å². The fraction of sp³-hybridized carbons (Fsp3) is 0.130. The highest BCUT2D eigenvalue weighted by Crippen LogP contribution is 2.30. The number of hydrogen-bond donors (Lipinski definition) is 2. The van der Waals surface area contributed by atoms with Crippen LogP contribution in [0.1, 0.15) is 23.2 Å². The number of ether oxygens (including phenoxy) is 1. The summed E-state index contributed by atoms with van der Waals surface area (Å²) in [4.78, 5) is 32.7. The number of benzene rings is 1. The number of amides is 2. The van der Waals surface area contributed by atoms with Crippen molar-refractivity contribution in [3.63, 3.8) is 0 Å². The van der Waals surface area contributed by atoms with Crippen molar-refractivity contribution in [1.82, 2.24) is 14.4 Å². The molecule has 3 aromatic heterocycles. The van der Waals surface area contributed by atoms with Crippen LogP contribution < -0.4 is 15.4 Å². The predicted octanol–water partition coefficient (Wildman–Crippen LogP) is 4.78. The zero-order valence-electron chi connectivity index (χ0n) is 16.8. The predicted molar refractivity (Wildman–Crippen MR) is 120 cm³/mol. The number of imidazole rings is 1. The Labute approximate surface area is 188 Å². The van der Waals surface area contributed by atoms with E-state index in [1.807, 2.05) is 0 Å². The maximum absolute atomic E-state index is 12.4. The number of rotatable bonds is 6. The van der Waals surface area contributed by atoms with Crippen molar-refractivity contribution in [2.24, 2.45) is 5.92 Å². The smallest absolute Gasteiger partial charge is 0.255 e. The summed E-state index contributed by atoms with van der Waals surface area (Å²) in [6.45, 7) is 0. The summed E-state index contributed by atoms with van der Waals surface area (Å²) in [6.07, 6.45) is 6.88. The maximum atomic E-state index is 12.4. The fourth-order valence-electron chi connectivity index (χ4n) is 3.19. The van der Waals surface area contributed by atoms with E-state index in [0.29, 0.717) is 34.2 Å². The van der Waals surface area contributed by atoms with Gasteiger partial charge in [-0.25, -0.2) is 9.97 Å². The Bertz CT molecular complexity index is 1330. The number of halogens is 1. The maximum Gasteiger partial charge on any atom is 0.255 e. The standard InChI is InChI=1S/C23H18ClN5O3/c24-19-10-15(8-9-25-19)23(31)26-16-2-1-3-17(11-16)32-18-6-7-21-27-20(13-29(21)12-18)28-22(30)14-4-5-14/h1-3,6-14H,4-5H2,(H,26,31)(H,28,30). The molecule has 3 heterocycles. The number of pyridine rings is 2. The molecular weight excluding hydrogens is 430 g/mol. The van der Waals surface area contributed by atoms with E-state index in [1.165, 1.54) is 12.3 Å². The van der Waals surface area contributed by atoms with Gasteiger partial charge in [-0.15, -0.1) is 0 Å². The van der Waals surface area contributed by atoms with Gasteiger partial charge in [-0.05, 0) is 49.2 Å². The molecule has 1 saturated carbocycles. The normalized spacial score (nSPS) is 13.0. The molecule has 2 N–H and O–H groups in total. The first-order valence-corrected chi connectivity index (χ1v) is 10.4. The molecule has 5 rings (SSSR count). The number of fused-ring (bicyclic) bond motifs is 1. The Kier molecular flexibility index (Phi) is 5.20. The number of nitrogens with zero attached hydrogens (tertiary/aromatic N) is 3.